The van der Waals surface area contributed by atoms with Gasteiger partial charge in [0.1, 0.15) is 18.8 Å². The number of ether oxygens (including phenoxy) is 5. The summed E-state index contributed by atoms with van der Waals surface area (Å²) in [6, 6.07) is 0. The van der Waals surface area contributed by atoms with Crippen molar-refractivity contribution >= 4 is 23.9 Å². The number of carboxylic acids is 1. The van der Waals surface area contributed by atoms with Crippen LogP contribution in [-0.4, -0.2) is 89.2 Å². The molecule has 0 aromatic carbocycles. The minimum atomic E-state index is -1.92. The number of aliphatic carboxylic acids is 1. The molecule has 0 aromatic rings. The van der Waals surface area contributed by atoms with Crippen LogP contribution in [0.4, 0.5) is 0 Å². The molecule has 0 saturated carbocycles. The van der Waals surface area contributed by atoms with E-state index in [-0.39, 0.29) is 25.9 Å². The highest BCUT2D eigenvalue weighted by molar-refractivity contribution is 5.74. The monoisotopic (exact) mass is 1050 g/mol. The van der Waals surface area contributed by atoms with E-state index in [4.69, 9.17) is 23.7 Å². The maximum absolute atomic E-state index is 13.1. The van der Waals surface area contributed by atoms with Gasteiger partial charge in [0.25, 0.3) is 0 Å². The van der Waals surface area contributed by atoms with Crippen LogP contribution in [0.5, 0.6) is 0 Å². The highest BCUT2D eigenvalue weighted by atomic mass is 16.7. The first-order valence-electron chi connectivity index (χ1n) is 28.9. The summed E-state index contributed by atoms with van der Waals surface area (Å²) >= 11 is 0. The van der Waals surface area contributed by atoms with Crippen molar-refractivity contribution in [2.24, 2.45) is 0 Å². The number of hydrogen-bond acceptors (Lipinski definition) is 11. The van der Waals surface area contributed by atoms with Gasteiger partial charge in [-0.05, 0) is 122 Å². The number of esters is 3. The van der Waals surface area contributed by atoms with E-state index in [1.807, 2.05) is 0 Å². The molecule has 1 fully saturated rings. The smallest absolute Gasteiger partial charge is 0.335 e. The molecule has 0 bridgehead atoms. The van der Waals surface area contributed by atoms with Gasteiger partial charge in [0, 0.05) is 19.3 Å². The van der Waals surface area contributed by atoms with Gasteiger partial charge in [-0.3, -0.25) is 14.4 Å². The van der Waals surface area contributed by atoms with Crippen molar-refractivity contribution < 1.29 is 58.2 Å². The van der Waals surface area contributed by atoms with E-state index in [1.54, 1.807) is 0 Å². The Morgan fingerprint density at radius 1 is 0.453 bits per heavy atom. The summed E-state index contributed by atoms with van der Waals surface area (Å²) in [7, 11) is 0. The molecule has 6 atom stereocenters. The fourth-order valence-corrected chi connectivity index (χ4v) is 7.93. The van der Waals surface area contributed by atoms with Gasteiger partial charge < -0.3 is 39.0 Å². The lowest BCUT2D eigenvalue weighted by Crippen LogP contribution is -2.61. The van der Waals surface area contributed by atoms with Gasteiger partial charge in [-0.15, -0.1) is 0 Å². The SMILES string of the molecule is CC/C=C\C/C=C\C/C=C\CCCCCC(=O)OCC(COC1OC(C(=O)O)C(O)C(O)C1OC(=O)CCCCCCCC/C=C\C/C=C\C/C=C\CCCCC)OC(=O)CCCCC/C=C\C/C=C\C/C=C\CC. The summed E-state index contributed by atoms with van der Waals surface area (Å²) in [5.74, 6) is -3.23. The van der Waals surface area contributed by atoms with E-state index in [9.17, 15) is 34.5 Å². The largest absolute Gasteiger partial charge is 0.479 e. The van der Waals surface area contributed by atoms with E-state index in [0.29, 0.717) is 19.3 Å². The third-order valence-electron chi connectivity index (χ3n) is 12.3. The van der Waals surface area contributed by atoms with Crippen molar-refractivity contribution in [1.29, 1.82) is 0 Å². The molecule has 3 N–H and O–H groups in total. The number of rotatable bonds is 47. The van der Waals surface area contributed by atoms with E-state index < -0.39 is 67.3 Å². The molecule has 75 heavy (non-hydrogen) atoms. The molecule has 424 valence electrons. The number of aliphatic hydroxyl groups is 2. The number of hydrogen-bond donors (Lipinski definition) is 3. The molecule has 0 radical (unpaired) electrons. The Labute approximate surface area is 453 Å². The van der Waals surface area contributed by atoms with Crippen molar-refractivity contribution in [1.82, 2.24) is 0 Å². The zero-order valence-corrected chi connectivity index (χ0v) is 46.5. The lowest BCUT2D eigenvalue weighted by molar-refractivity contribution is -0.301. The van der Waals surface area contributed by atoms with Gasteiger partial charge in [0.05, 0.1) is 6.61 Å². The van der Waals surface area contributed by atoms with Crippen molar-refractivity contribution in [2.75, 3.05) is 13.2 Å². The molecule has 1 saturated heterocycles. The minimum absolute atomic E-state index is 0.0338. The minimum Gasteiger partial charge on any atom is -0.479 e. The molecule has 1 aliphatic heterocycles. The molecule has 1 heterocycles. The third-order valence-corrected chi connectivity index (χ3v) is 12.3. The predicted octanol–water partition coefficient (Wildman–Crippen LogP) is 14.7. The molecule has 0 amide bonds. The van der Waals surface area contributed by atoms with Crippen LogP contribution in [0.2, 0.25) is 0 Å². The molecular weight excluding hydrogens is 949 g/mol. The fourth-order valence-electron chi connectivity index (χ4n) is 7.93. The molecule has 12 nitrogen and oxygen atoms in total. The van der Waals surface area contributed by atoms with Crippen LogP contribution in [0.15, 0.2) is 109 Å². The molecule has 6 unspecified atom stereocenters. The second kappa shape index (κ2) is 50.2. The Kier molecular flexibility index (Phi) is 45.8. The number of carboxylic acid groups (broad SMARTS) is 1. The highest BCUT2D eigenvalue weighted by Gasteiger charge is 2.50. The number of carbonyl (C=O) groups excluding carboxylic acids is 3. The van der Waals surface area contributed by atoms with Crippen LogP contribution < -0.4 is 0 Å². The van der Waals surface area contributed by atoms with Crippen molar-refractivity contribution in [3.8, 4) is 0 Å². The predicted molar refractivity (Wildman–Crippen MR) is 303 cm³/mol. The Hall–Kier alpha value is -4.62. The molecule has 1 rings (SSSR count). The molecular formula is C63H100O12. The Morgan fingerprint density at radius 3 is 1.29 bits per heavy atom. The second-order valence-corrected chi connectivity index (χ2v) is 19.2. The summed E-state index contributed by atoms with van der Waals surface area (Å²) in [5, 5.41) is 31.5. The van der Waals surface area contributed by atoms with Crippen molar-refractivity contribution in [3.63, 3.8) is 0 Å². The Bertz CT molecular complexity index is 1720. The maximum Gasteiger partial charge on any atom is 0.335 e. The number of unbranched alkanes of at least 4 members (excludes halogenated alkanes) is 15. The summed E-state index contributed by atoms with van der Waals surface area (Å²) in [5.41, 5.74) is 0. The van der Waals surface area contributed by atoms with Crippen LogP contribution in [-0.2, 0) is 42.9 Å². The van der Waals surface area contributed by atoms with Crippen molar-refractivity contribution in [2.45, 2.75) is 250 Å². The summed E-state index contributed by atoms with van der Waals surface area (Å²) in [4.78, 5) is 51.0. The van der Waals surface area contributed by atoms with Gasteiger partial charge in [0.15, 0.2) is 24.6 Å². The Balaban J connectivity index is 2.72. The van der Waals surface area contributed by atoms with Gasteiger partial charge in [-0.1, -0.05) is 182 Å². The van der Waals surface area contributed by atoms with Crippen LogP contribution in [0, 0.1) is 0 Å². The zero-order chi connectivity index (χ0) is 54.7. The average molecular weight is 1050 g/mol. The number of carbonyl (C=O) groups is 4. The first-order valence-corrected chi connectivity index (χ1v) is 28.9. The fraction of sp³-hybridized carbons (Fsp3) is 0.651. The van der Waals surface area contributed by atoms with E-state index in [1.165, 1.54) is 19.3 Å². The second-order valence-electron chi connectivity index (χ2n) is 19.2. The topological polar surface area (TPSA) is 175 Å². The molecule has 1 aliphatic rings. The van der Waals surface area contributed by atoms with Crippen LogP contribution >= 0.6 is 0 Å². The lowest BCUT2D eigenvalue weighted by Gasteiger charge is -2.40. The third kappa shape index (κ3) is 40.3. The lowest BCUT2D eigenvalue weighted by atomic mass is 9.98. The van der Waals surface area contributed by atoms with E-state index >= 15 is 0 Å². The summed E-state index contributed by atoms with van der Waals surface area (Å²) in [6.07, 6.45) is 54.9. The van der Waals surface area contributed by atoms with Crippen LogP contribution in [0.3, 0.4) is 0 Å². The van der Waals surface area contributed by atoms with Crippen molar-refractivity contribution in [3.05, 3.63) is 109 Å². The molecule has 12 heteroatoms. The maximum atomic E-state index is 13.1. The van der Waals surface area contributed by atoms with Gasteiger partial charge in [-0.2, -0.15) is 0 Å². The quantitative estimate of drug-likeness (QED) is 0.0228. The van der Waals surface area contributed by atoms with E-state index in [2.05, 4.69) is 130 Å². The summed E-state index contributed by atoms with van der Waals surface area (Å²) in [6.45, 7) is 5.66. The Morgan fingerprint density at radius 2 is 0.840 bits per heavy atom. The summed E-state index contributed by atoms with van der Waals surface area (Å²) < 4.78 is 28.3. The van der Waals surface area contributed by atoms with Gasteiger partial charge >= 0.3 is 23.9 Å². The standard InChI is InChI=1S/C63H100O12/c1-4-7-10-13-16-19-22-25-26-27-28-29-30-33-36-39-42-45-48-51-57(66)74-61-59(68)58(67)60(62(69)70)75-63(61)72-53-54(73-56(65)50-47-44-41-38-35-32-24-21-18-15-12-9-6-3)52-71-55(64)49-46-43-40-37-34-31-23-20-17-14-11-8-5-2/h8-9,11-12,16-21,25-26,28-29,31-32,34-35,54,58-61,63,67-68H,4-7,10,13-15,22-24,27,30,33,36-53H2,1-3H3,(H,69,70)/b11-8-,12-9-,19-16-,20-17-,21-18-,26-25-,29-28-,34-31-,35-32-. The first kappa shape index (κ1) is 68.4. The van der Waals surface area contributed by atoms with Crippen LogP contribution in [0.1, 0.15) is 213 Å². The highest BCUT2D eigenvalue weighted by Crippen LogP contribution is 2.26. The normalized spacial score (nSPS) is 19.0. The number of allylic oxidation sites excluding steroid dienone is 18. The van der Waals surface area contributed by atoms with Crippen LogP contribution in [0.25, 0.3) is 0 Å². The van der Waals surface area contributed by atoms with Gasteiger partial charge in [-0.25, -0.2) is 4.79 Å². The molecule has 0 aromatic heterocycles. The molecule has 0 aliphatic carbocycles. The average Bonchev–Trinajstić information content (AvgIpc) is 3.39. The first-order chi connectivity index (χ1) is 36.6. The zero-order valence-electron chi connectivity index (χ0n) is 46.5. The molecule has 0 spiro atoms. The van der Waals surface area contributed by atoms with E-state index in [0.717, 1.165) is 135 Å². The number of aliphatic hydroxyl groups excluding tert-OH is 2. The van der Waals surface area contributed by atoms with Gasteiger partial charge in [0.2, 0.25) is 0 Å².